The number of aliphatic hydroxyl groups is 1. The Morgan fingerprint density at radius 1 is 1.65 bits per heavy atom. The van der Waals surface area contributed by atoms with Crippen LogP contribution in [0.4, 0.5) is 0 Å². The molecule has 1 fully saturated rings. The Balaban J connectivity index is 2.19. The normalized spacial score (nSPS) is 28.5. The van der Waals surface area contributed by atoms with E-state index in [2.05, 4.69) is 14.5 Å². The van der Waals surface area contributed by atoms with Crippen molar-refractivity contribution in [1.82, 2.24) is 9.55 Å². The first kappa shape index (κ1) is 12.4. The van der Waals surface area contributed by atoms with E-state index in [0.29, 0.717) is 0 Å². The zero-order valence-corrected chi connectivity index (χ0v) is 10.1. The quantitative estimate of drug-likeness (QED) is 0.679. The number of ether oxygens (including phenoxy) is 1. The number of hydrogen-bond acceptors (Lipinski definition) is 5. The van der Waals surface area contributed by atoms with Gasteiger partial charge in [-0.05, 0) is 0 Å². The smallest absolute Gasteiger partial charge is 0.330 e. The Morgan fingerprint density at radius 2 is 2.41 bits per heavy atom. The minimum absolute atomic E-state index is 0.223. The van der Waals surface area contributed by atoms with Crippen molar-refractivity contribution in [3.63, 3.8) is 0 Å². The monoisotopic (exact) mass is 260 g/mol. The van der Waals surface area contributed by atoms with Crippen LogP contribution in [0, 0.1) is 0 Å². The second-order valence-corrected chi connectivity index (χ2v) is 4.12. The van der Waals surface area contributed by atoms with E-state index in [4.69, 9.17) is 9.26 Å². The summed E-state index contributed by atoms with van der Waals surface area (Å²) in [6.07, 6.45) is -0.122. The maximum absolute atomic E-state index is 11.5. The van der Waals surface area contributed by atoms with Gasteiger partial charge >= 0.3 is 5.69 Å². The van der Waals surface area contributed by atoms with Gasteiger partial charge in [0.2, 0.25) is 0 Å². The Kier molecular flexibility index (Phi) is 3.73. The summed E-state index contributed by atoms with van der Waals surface area (Å²) in [5.74, 6) is 0. The van der Waals surface area contributed by atoms with Crippen molar-refractivity contribution in [2.24, 2.45) is 0 Å². The topological polar surface area (TPSA) is 93.6 Å². The van der Waals surface area contributed by atoms with Crippen LogP contribution in [0.5, 0.6) is 0 Å². The number of aliphatic hydroxyl groups excluding tert-OH is 1. The summed E-state index contributed by atoms with van der Waals surface area (Å²) >= 11 is 0. The number of nitrogens with one attached hydrogen (secondary N) is 1. The van der Waals surface area contributed by atoms with Gasteiger partial charge in [0.15, 0.2) is 0 Å². The first-order valence-corrected chi connectivity index (χ1v) is 5.55. The summed E-state index contributed by atoms with van der Waals surface area (Å²) in [7, 11) is 2.07. The third kappa shape index (κ3) is 2.63. The average molecular weight is 260 g/mol. The molecule has 1 aromatic heterocycles. The Hall–Kier alpha value is -1.01. The second-order valence-electron chi connectivity index (χ2n) is 3.78. The van der Waals surface area contributed by atoms with Gasteiger partial charge in [-0.1, -0.05) is 0 Å². The molecule has 0 amide bonds. The standard InChI is InChI=1S/C9H13N2O5P/c12-5-3-8(16-6(5)4-15-17)11-2-1-7(13)10-9(11)14/h1-2,5-6,8,12H,3-4,17H2,(H,10,13,14)/t5?,6-,8-/m1/s1. The highest BCUT2D eigenvalue weighted by molar-refractivity contribution is 7.09. The molecule has 1 aliphatic heterocycles. The van der Waals surface area contributed by atoms with Crippen LogP contribution in [0.3, 0.4) is 0 Å². The summed E-state index contributed by atoms with van der Waals surface area (Å²) in [6.45, 7) is 0.223. The van der Waals surface area contributed by atoms with Crippen molar-refractivity contribution in [3.8, 4) is 0 Å². The third-order valence-corrected chi connectivity index (χ3v) is 2.82. The predicted octanol–water partition coefficient (Wildman–Crippen LogP) is -1.01. The lowest BCUT2D eigenvalue weighted by Crippen LogP contribution is -2.31. The molecule has 1 aromatic rings. The predicted molar refractivity (Wildman–Crippen MR) is 61.5 cm³/mol. The second kappa shape index (κ2) is 5.10. The van der Waals surface area contributed by atoms with Crippen LogP contribution >= 0.6 is 9.47 Å². The van der Waals surface area contributed by atoms with Gasteiger partial charge in [-0.25, -0.2) is 4.79 Å². The highest BCUT2D eigenvalue weighted by Gasteiger charge is 2.35. The van der Waals surface area contributed by atoms with Gasteiger partial charge in [-0.15, -0.1) is 0 Å². The van der Waals surface area contributed by atoms with Gasteiger partial charge in [0.1, 0.15) is 12.3 Å². The third-order valence-electron chi connectivity index (χ3n) is 2.63. The first-order chi connectivity index (χ1) is 8.11. The molecule has 4 atom stereocenters. The van der Waals surface area contributed by atoms with Gasteiger partial charge in [0.05, 0.1) is 12.7 Å². The molecule has 2 heterocycles. The molecular formula is C9H13N2O5P. The van der Waals surface area contributed by atoms with E-state index >= 15 is 0 Å². The molecule has 1 aliphatic rings. The van der Waals surface area contributed by atoms with Crippen LogP contribution < -0.4 is 11.2 Å². The maximum Gasteiger partial charge on any atom is 0.330 e. The molecule has 17 heavy (non-hydrogen) atoms. The van der Waals surface area contributed by atoms with Gasteiger partial charge in [0.25, 0.3) is 5.56 Å². The number of aromatic nitrogens is 2. The van der Waals surface area contributed by atoms with E-state index in [1.54, 1.807) is 0 Å². The highest BCUT2D eigenvalue weighted by Crippen LogP contribution is 2.27. The lowest BCUT2D eigenvalue weighted by Gasteiger charge is -2.14. The number of aromatic amines is 1. The number of nitrogens with zero attached hydrogens (tertiary/aromatic N) is 1. The van der Waals surface area contributed by atoms with Gasteiger partial charge in [-0.3, -0.25) is 14.3 Å². The van der Waals surface area contributed by atoms with Crippen molar-refractivity contribution in [3.05, 3.63) is 33.1 Å². The lowest BCUT2D eigenvalue weighted by atomic mass is 10.2. The minimum Gasteiger partial charge on any atom is -0.390 e. The van der Waals surface area contributed by atoms with Crippen LogP contribution in [0.2, 0.25) is 0 Å². The summed E-state index contributed by atoms with van der Waals surface area (Å²) in [5, 5.41) is 9.70. The number of H-pyrrole nitrogens is 1. The van der Waals surface area contributed by atoms with E-state index < -0.39 is 29.7 Å². The fourth-order valence-electron chi connectivity index (χ4n) is 1.78. The largest absolute Gasteiger partial charge is 0.390 e. The molecule has 2 unspecified atom stereocenters. The van der Waals surface area contributed by atoms with Crippen LogP contribution in [0.15, 0.2) is 21.9 Å². The summed E-state index contributed by atoms with van der Waals surface area (Å²) < 4.78 is 11.5. The van der Waals surface area contributed by atoms with Crippen molar-refractivity contribution in [2.45, 2.75) is 24.9 Å². The zero-order chi connectivity index (χ0) is 12.4. The van der Waals surface area contributed by atoms with Crippen molar-refractivity contribution >= 4 is 9.47 Å². The van der Waals surface area contributed by atoms with E-state index in [9.17, 15) is 14.7 Å². The molecule has 2 rings (SSSR count). The van der Waals surface area contributed by atoms with E-state index in [-0.39, 0.29) is 13.0 Å². The molecule has 0 radical (unpaired) electrons. The minimum atomic E-state index is -0.695. The molecule has 8 heteroatoms. The Morgan fingerprint density at radius 3 is 3.06 bits per heavy atom. The van der Waals surface area contributed by atoms with Crippen LogP contribution in [-0.2, 0) is 9.26 Å². The number of rotatable bonds is 3. The SMILES string of the molecule is O=c1ccn([C@H]2CC(O)[C@@H](COP)O2)c(=O)[nH]1. The molecule has 0 saturated carbocycles. The Labute approximate surface area is 98.7 Å². The van der Waals surface area contributed by atoms with Gasteiger partial charge < -0.3 is 14.4 Å². The van der Waals surface area contributed by atoms with Crippen LogP contribution in [-0.4, -0.2) is 33.5 Å². The molecule has 0 bridgehead atoms. The van der Waals surface area contributed by atoms with E-state index in [0.717, 1.165) is 0 Å². The van der Waals surface area contributed by atoms with Crippen molar-refractivity contribution < 1.29 is 14.4 Å². The lowest BCUT2D eigenvalue weighted by molar-refractivity contribution is -0.0382. The summed E-state index contributed by atoms with van der Waals surface area (Å²) in [4.78, 5) is 24.5. The molecule has 94 valence electrons. The van der Waals surface area contributed by atoms with Gasteiger partial charge in [0, 0.05) is 28.2 Å². The van der Waals surface area contributed by atoms with Crippen molar-refractivity contribution in [2.75, 3.05) is 6.61 Å². The van der Waals surface area contributed by atoms with Crippen molar-refractivity contribution in [1.29, 1.82) is 0 Å². The van der Waals surface area contributed by atoms with Crippen LogP contribution in [0.1, 0.15) is 12.6 Å². The average Bonchev–Trinajstić information content (AvgIpc) is 2.60. The molecule has 0 aliphatic carbocycles. The first-order valence-electron chi connectivity index (χ1n) is 5.08. The highest BCUT2D eigenvalue weighted by atomic mass is 31.0. The number of hydrogen-bond donors (Lipinski definition) is 2. The van der Waals surface area contributed by atoms with Crippen LogP contribution in [0.25, 0.3) is 0 Å². The fraction of sp³-hybridized carbons (Fsp3) is 0.556. The van der Waals surface area contributed by atoms with E-state index in [1.807, 2.05) is 0 Å². The molecular weight excluding hydrogens is 247 g/mol. The summed E-state index contributed by atoms with van der Waals surface area (Å²) in [6, 6.07) is 1.23. The molecule has 7 nitrogen and oxygen atoms in total. The maximum atomic E-state index is 11.5. The summed E-state index contributed by atoms with van der Waals surface area (Å²) in [5.41, 5.74) is -1.02. The molecule has 0 aromatic carbocycles. The van der Waals surface area contributed by atoms with Gasteiger partial charge in [-0.2, -0.15) is 0 Å². The fourth-order valence-corrected chi connectivity index (χ4v) is 1.97. The molecule has 1 saturated heterocycles. The van der Waals surface area contributed by atoms with E-state index in [1.165, 1.54) is 16.8 Å². The Bertz CT molecular complexity index is 499. The molecule has 0 spiro atoms. The molecule has 2 N–H and O–H groups in total. The zero-order valence-electron chi connectivity index (χ0n) is 8.91.